The summed E-state index contributed by atoms with van der Waals surface area (Å²) in [5, 5.41) is 7.03. The first-order valence-corrected chi connectivity index (χ1v) is 3.04. The highest BCUT2D eigenvalue weighted by atomic mass is 15.3. The molecule has 4 nitrogen and oxygen atoms in total. The smallest absolute Gasteiger partial charge is 0.188 e. The van der Waals surface area contributed by atoms with Crippen LogP contribution in [-0.4, -0.2) is 30.0 Å². The van der Waals surface area contributed by atoms with Crippen molar-refractivity contribution in [2.45, 2.75) is 12.5 Å². The molecule has 4 heteroatoms. The molecule has 9 heavy (non-hydrogen) atoms. The third-order valence-corrected chi connectivity index (χ3v) is 1.57. The molecule has 5 N–H and O–H groups in total. The van der Waals surface area contributed by atoms with Crippen LogP contribution in [-0.2, 0) is 0 Å². The lowest BCUT2D eigenvalue weighted by Crippen LogP contribution is -2.36. The van der Waals surface area contributed by atoms with E-state index in [9.17, 15) is 0 Å². The van der Waals surface area contributed by atoms with Crippen LogP contribution in [0, 0.1) is 5.41 Å². The Morgan fingerprint density at radius 2 is 2.33 bits per heavy atom. The quantitative estimate of drug-likeness (QED) is 0.286. The van der Waals surface area contributed by atoms with Gasteiger partial charge in [0.05, 0.1) is 0 Å². The topological polar surface area (TPSA) is 79.1 Å². The normalized spacial score (nSPS) is 26.8. The van der Waals surface area contributed by atoms with Gasteiger partial charge >= 0.3 is 0 Å². The van der Waals surface area contributed by atoms with E-state index in [1.54, 1.807) is 4.90 Å². The number of nitrogens with one attached hydrogen (secondary N) is 1. The van der Waals surface area contributed by atoms with Gasteiger partial charge in [-0.05, 0) is 6.42 Å². The number of rotatable bonds is 0. The Bertz CT molecular complexity index is 122. The Balaban J connectivity index is 2.39. The van der Waals surface area contributed by atoms with Crippen LogP contribution in [0.3, 0.4) is 0 Å². The predicted molar refractivity (Wildman–Crippen MR) is 36.1 cm³/mol. The van der Waals surface area contributed by atoms with Crippen molar-refractivity contribution in [1.29, 1.82) is 5.41 Å². The van der Waals surface area contributed by atoms with E-state index in [0.29, 0.717) is 0 Å². The molecule has 0 aliphatic carbocycles. The van der Waals surface area contributed by atoms with Crippen molar-refractivity contribution in [3.63, 3.8) is 0 Å². The van der Waals surface area contributed by atoms with Crippen LogP contribution >= 0.6 is 0 Å². The molecule has 0 bridgehead atoms. The first-order chi connectivity index (χ1) is 4.20. The summed E-state index contributed by atoms with van der Waals surface area (Å²) < 4.78 is 0. The minimum absolute atomic E-state index is 0.142. The monoisotopic (exact) mass is 128 g/mol. The lowest BCUT2D eigenvalue weighted by Gasteiger charge is -2.13. The van der Waals surface area contributed by atoms with E-state index in [4.69, 9.17) is 16.9 Å². The average molecular weight is 128 g/mol. The summed E-state index contributed by atoms with van der Waals surface area (Å²) in [4.78, 5) is 1.78. The minimum atomic E-state index is 0.142. The van der Waals surface area contributed by atoms with E-state index in [1.165, 1.54) is 0 Å². The highest BCUT2D eigenvalue weighted by molar-refractivity contribution is 5.74. The molecule has 0 radical (unpaired) electrons. The SMILES string of the molecule is N=C(N)N1CC[C@H](N)C1. The van der Waals surface area contributed by atoms with Gasteiger partial charge in [0.2, 0.25) is 0 Å². The lowest BCUT2D eigenvalue weighted by atomic mass is 10.3. The second kappa shape index (κ2) is 2.23. The maximum absolute atomic E-state index is 7.03. The molecule has 1 aliphatic rings. The summed E-state index contributed by atoms with van der Waals surface area (Å²) in [5.74, 6) is 0.142. The molecule has 0 aromatic rings. The van der Waals surface area contributed by atoms with Gasteiger partial charge in [-0.25, -0.2) is 0 Å². The van der Waals surface area contributed by atoms with Gasteiger partial charge in [-0.1, -0.05) is 0 Å². The fourth-order valence-corrected chi connectivity index (χ4v) is 1.01. The zero-order valence-corrected chi connectivity index (χ0v) is 5.30. The van der Waals surface area contributed by atoms with Gasteiger partial charge in [-0.15, -0.1) is 0 Å². The van der Waals surface area contributed by atoms with Crippen LogP contribution in [0.1, 0.15) is 6.42 Å². The molecular weight excluding hydrogens is 116 g/mol. The zero-order chi connectivity index (χ0) is 6.85. The van der Waals surface area contributed by atoms with Crippen LogP contribution in [0.15, 0.2) is 0 Å². The van der Waals surface area contributed by atoms with Gasteiger partial charge in [0, 0.05) is 19.1 Å². The van der Waals surface area contributed by atoms with Gasteiger partial charge in [0.1, 0.15) is 0 Å². The van der Waals surface area contributed by atoms with Crippen molar-refractivity contribution >= 4 is 5.96 Å². The summed E-state index contributed by atoms with van der Waals surface area (Å²) in [6.07, 6.45) is 0.958. The van der Waals surface area contributed by atoms with Gasteiger partial charge < -0.3 is 16.4 Å². The van der Waals surface area contributed by atoms with Crippen LogP contribution in [0.4, 0.5) is 0 Å². The van der Waals surface area contributed by atoms with Gasteiger partial charge in [0.25, 0.3) is 0 Å². The second-order valence-electron chi connectivity index (χ2n) is 2.38. The van der Waals surface area contributed by atoms with Gasteiger partial charge in [-0.2, -0.15) is 0 Å². The van der Waals surface area contributed by atoms with E-state index in [-0.39, 0.29) is 12.0 Å². The van der Waals surface area contributed by atoms with Crippen molar-refractivity contribution < 1.29 is 0 Å². The lowest BCUT2D eigenvalue weighted by molar-refractivity contribution is 0.500. The van der Waals surface area contributed by atoms with E-state index in [2.05, 4.69) is 0 Å². The van der Waals surface area contributed by atoms with E-state index >= 15 is 0 Å². The Kier molecular flexibility index (Phi) is 1.57. The molecular formula is C5H12N4. The zero-order valence-electron chi connectivity index (χ0n) is 5.30. The molecule has 1 atom stereocenters. The van der Waals surface area contributed by atoms with E-state index < -0.39 is 0 Å². The molecule has 1 fully saturated rings. The second-order valence-corrected chi connectivity index (χ2v) is 2.38. The maximum atomic E-state index is 7.03. The van der Waals surface area contributed by atoms with Gasteiger partial charge in [0.15, 0.2) is 5.96 Å². The standard InChI is InChI=1S/C5H12N4/c6-4-1-2-9(3-4)5(7)8/h4H,1-3,6H2,(H3,7,8)/t4-/m0/s1. The first-order valence-electron chi connectivity index (χ1n) is 3.04. The van der Waals surface area contributed by atoms with Crippen LogP contribution < -0.4 is 11.5 Å². The first kappa shape index (κ1) is 6.35. The Morgan fingerprint density at radius 3 is 2.56 bits per heavy atom. The van der Waals surface area contributed by atoms with E-state index in [1.807, 2.05) is 0 Å². The highest BCUT2D eigenvalue weighted by Gasteiger charge is 2.18. The summed E-state index contributed by atoms with van der Waals surface area (Å²) in [5.41, 5.74) is 10.8. The number of guanidine groups is 1. The number of nitrogens with zero attached hydrogens (tertiary/aromatic N) is 1. The molecule has 0 unspecified atom stereocenters. The predicted octanol–water partition coefficient (Wildman–Crippen LogP) is -1.09. The number of nitrogens with two attached hydrogens (primary N) is 2. The van der Waals surface area contributed by atoms with Gasteiger partial charge in [-0.3, -0.25) is 5.41 Å². The molecule has 52 valence electrons. The van der Waals surface area contributed by atoms with Crippen molar-refractivity contribution in [3.8, 4) is 0 Å². The summed E-state index contributed by atoms with van der Waals surface area (Å²) in [6, 6.07) is 0.217. The van der Waals surface area contributed by atoms with Crippen molar-refractivity contribution in [1.82, 2.24) is 4.90 Å². The average Bonchev–Trinajstić information content (AvgIpc) is 2.14. The molecule has 1 heterocycles. The molecule has 1 rings (SSSR count). The Labute approximate surface area is 54.3 Å². The Morgan fingerprint density at radius 1 is 1.67 bits per heavy atom. The summed E-state index contributed by atoms with van der Waals surface area (Å²) in [7, 11) is 0. The van der Waals surface area contributed by atoms with Crippen molar-refractivity contribution in [2.75, 3.05) is 13.1 Å². The van der Waals surface area contributed by atoms with Crippen LogP contribution in [0.25, 0.3) is 0 Å². The highest BCUT2D eigenvalue weighted by Crippen LogP contribution is 2.04. The van der Waals surface area contributed by atoms with E-state index in [0.717, 1.165) is 19.5 Å². The summed E-state index contributed by atoms with van der Waals surface area (Å²) >= 11 is 0. The number of hydrogen-bond acceptors (Lipinski definition) is 2. The molecule has 1 aliphatic heterocycles. The minimum Gasteiger partial charge on any atom is -0.370 e. The van der Waals surface area contributed by atoms with Crippen LogP contribution in [0.5, 0.6) is 0 Å². The molecule has 0 amide bonds. The third kappa shape index (κ3) is 1.32. The molecule has 1 saturated heterocycles. The molecule has 0 saturated carbocycles. The Hall–Kier alpha value is -0.770. The number of likely N-dealkylation sites (tertiary alicyclic amines) is 1. The maximum Gasteiger partial charge on any atom is 0.188 e. The summed E-state index contributed by atoms with van der Waals surface area (Å²) in [6.45, 7) is 1.59. The third-order valence-electron chi connectivity index (χ3n) is 1.57. The molecule has 0 aromatic heterocycles. The fourth-order valence-electron chi connectivity index (χ4n) is 1.01. The van der Waals surface area contributed by atoms with Crippen molar-refractivity contribution in [3.05, 3.63) is 0 Å². The molecule has 0 spiro atoms. The molecule has 0 aromatic carbocycles. The number of hydrogen-bond donors (Lipinski definition) is 3. The fraction of sp³-hybridized carbons (Fsp3) is 0.800. The van der Waals surface area contributed by atoms with Crippen molar-refractivity contribution in [2.24, 2.45) is 11.5 Å². The van der Waals surface area contributed by atoms with Crippen LogP contribution in [0.2, 0.25) is 0 Å². The largest absolute Gasteiger partial charge is 0.370 e.